The molecule has 0 aromatic heterocycles. The summed E-state index contributed by atoms with van der Waals surface area (Å²) in [7, 11) is 0. The molecule has 0 spiro atoms. The summed E-state index contributed by atoms with van der Waals surface area (Å²) in [5.74, 6) is -1.27. The molecule has 1 aliphatic rings. The number of carbonyl (C=O) groups is 2. The average molecular weight is 273 g/mol. The van der Waals surface area contributed by atoms with E-state index < -0.39 is 5.97 Å². The Morgan fingerprint density at radius 2 is 2.05 bits per heavy atom. The first-order chi connectivity index (χ1) is 9.04. The number of ether oxygens (including phenoxy) is 2. The minimum atomic E-state index is -0.983. The van der Waals surface area contributed by atoms with E-state index in [-0.39, 0.29) is 37.1 Å². The standard InChI is InChI=1S/C13H23NO5/c1-2-18-13(17)7-10(14)9-5-3-4-6-11(9)19-8-12(15)16/h9-11H,2-8,14H2,1H3,(H,15,16). The third-order valence-electron chi connectivity index (χ3n) is 3.43. The van der Waals surface area contributed by atoms with Gasteiger partial charge in [0.05, 0.1) is 19.1 Å². The van der Waals surface area contributed by atoms with Crippen molar-refractivity contribution in [2.45, 2.75) is 51.2 Å². The van der Waals surface area contributed by atoms with Crippen molar-refractivity contribution < 1.29 is 24.2 Å². The van der Waals surface area contributed by atoms with Gasteiger partial charge < -0.3 is 20.3 Å². The Morgan fingerprint density at radius 1 is 1.37 bits per heavy atom. The van der Waals surface area contributed by atoms with Crippen molar-refractivity contribution >= 4 is 11.9 Å². The molecule has 1 fully saturated rings. The fraction of sp³-hybridized carbons (Fsp3) is 0.846. The molecule has 6 nitrogen and oxygen atoms in total. The van der Waals surface area contributed by atoms with Crippen LogP contribution < -0.4 is 5.73 Å². The summed E-state index contributed by atoms with van der Waals surface area (Å²) in [4.78, 5) is 22.0. The van der Waals surface area contributed by atoms with E-state index in [1.807, 2.05) is 0 Å². The molecule has 1 saturated carbocycles. The Hall–Kier alpha value is -1.14. The van der Waals surface area contributed by atoms with Crippen LogP contribution in [-0.2, 0) is 19.1 Å². The van der Waals surface area contributed by atoms with Crippen LogP contribution in [-0.4, -0.2) is 42.4 Å². The van der Waals surface area contributed by atoms with Gasteiger partial charge in [-0.05, 0) is 19.8 Å². The number of carboxylic acid groups (broad SMARTS) is 1. The maximum Gasteiger partial charge on any atom is 0.329 e. The molecule has 0 radical (unpaired) electrons. The van der Waals surface area contributed by atoms with Crippen molar-refractivity contribution in [3.8, 4) is 0 Å². The number of esters is 1. The van der Waals surface area contributed by atoms with Gasteiger partial charge in [-0.15, -0.1) is 0 Å². The lowest BCUT2D eigenvalue weighted by molar-refractivity contribution is -0.149. The Balaban J connectivity index is 2.50. The molecule has 19 heavy (non-hydrogen) atoms. The molecular weight excluding hydrogens is 250 g/mol. The molecule has 0 aromatic carbocycles. The molecule has 3 N–H and O–H groups in total. The summed E-state index contributed by atoms with van der Waals surface area (Å²) >= 11 is 0. The molecule has 110 valence electrons. The van der Waals surface area contributed by atoms with Gasteiger partial charge in [0.1, 0.15) is 6.61 Å². The van der Waals surface area contributed by atoms with Crippen LogP contribution >= 0.6 is 0 Å². The van der Waals surface area contributed by atoms with Crippen LogP contribution in [0.25, 0.3) is 0 Å². The second-order valence-electron chi connectivity index (χ2n) is 4.86. The normalized spacial score (nSPS) is 24.7. The summed E-state index contributed by atoms with van der Waals surface area (Å²) in [5, 5.41) is 8.65. The van der Waals surface area contributed by atoms with Gasteiger partial charge in [-0.3, -0.25) is 4.79 Å². The molecule has 0 heterocycles. The number of hydrogen-bond donors (Lipinski definition) is 2. The highest BCUT2D eigenvalue weighted by atomic mass is 16.5. The van der Waals surface area contributed by atoms with Crippen LogP contribution in [0.5, 0.6) is 0 Å². The van der Waals surface area contributed by atoms with Crippen LogP contribution in [0.1, 0.15) is 39.0 Å². The van der Waals surface area contributed by atoms with E-state index in [0.29, 0.717) is 6.61 Å². The largest absolute Gasteiger partial charge is 0.480 e. The second-order valence-corrected chi connectivity index (χ2v) is 4.86. The first-order valence-electron chi connectivity index (χ1n) is 6.79. The van der Waals surface area contributed by atoms with Crippen molar-refractivity contribution in [3.63, 3.8) is 0 Å². The number of hydrogen-bond acceptors (Lipinski definition) is 5. The molecule has 0 saturated heterocycles. The van der Waals surface area contributed by atoms with Crippen LogP contribution in [0.2, 0.25) is 0 Å². The average Bonchev–Trinajstić information content (AvgIpc) is 2.36. The van der Waals surface area contributed by atoms with Gasteiger partial charge in [-0.2, -0.15) is 0 Å². The monoisotopic (exact) mass is 273 g/mol. The molecule has 0 aliphatic heterocycles. The van der Waals surface area contributed by atoms with Gasteiger partial charge in [0.15, 0.2) is 0 Å². The summed E-state index contributed by atoms with van der Waals surface area (Å²) < 4.78 is 10.3. The molecule has 0 aromatic rings. The molecule has 1 rings (SSSR count). The van der Waals surface area contributed by atoms with Crippen LogP contribution in [0, 0.1) is 5.92 Å². The number of carbonyl (C=O) groups excluding carboxylic acids is 1. The van der Waals surface area contributed by atoms with Crippen molar-refractivity contribution in [1.29, 1.82) is 0 Å². The van der Waals surface area contributed by atoms with Crippen molar-refractivity contribution in [2.24, 2.45) is 11.7 Å². The van der Waals surface area contributed by atoms with Gasteiger partial charge in [0, 0.05) is 12.0 Å². The van der Waals surface area contributed by atoms with Gasteiger partial charge in [0.2, 0.25) is 0 Å². The maximum absolute atomic E-state index is 11.4. The highest BCUT2D eigenvalue weighted by molar-refractivity contribution is 5.70. The van der Waals surface area contributed by atoms with Gasteiger partial charge >= 0.3 is 11.9 Å². The van der Waals surface area contributed by atoms with E-state index in [2.05, 4.69) is 0 Å². The fourth-order valence-electron chi connectivity index (χ4n) is 2.56. The molecule has 3 unspecified atom stereocenters. The molecule has 1 aliphatic carbocycles. The van der Waals surface area contributed by atoms with Crippen molar-refractivity contribution in [2.75, 3.05) is 13.2 Å². The number of nitrogens with two attached hydrogens (primary N) is 1. The summed E-state index contributed by atoms with van der Waals surface area (Å²) in [6, 6.07) is -0.335. The van der Waals surface area contributed by atoms with Crippen molar-refractivity contribution in [3.05, 3.63) is 0 Å². The topological polar surface area (TPSA) is 98.9 Å². The second kappa shape index (κ2) is 8.12. The first kappa shape index (κ1) is 15.9. The number of aliphatic carboxylic acids is 1. The van der Waals surface area contributed by atoms with Gasteiger partial charge in [-0.1, -0.05) is 12.8 Å². The van der Waals surface area contributed by atoms with E-state index >= 15 is 0 Å². The highest BCUT2D eigenvalue weighted by Gasteiger charge is 2.32. The fourth-order valence-corrected chi connectivity index (χ4v) is 2.56. The minimum Gasteiger partial charge on any atom is -0.480 e. The van der Waals surface area contributed by atoms with E-state index in [1.165, 1.54) is 0 Å². The Bertz CT molecular complexity index is 307. The van der Waals surface area contributed by atoms with Crippen LogP contribution in [0.3, 0.4) is 0 Å². The predicted molar refractivity (Wildman–Crippen MR) is 68.6 cm³/mol. The summed E-state index contributed by atoms with van der Waals surface area (Å²) in [5.41, 5.74) is 6.05. The predicted octanol–water partition coefficient (Wildman–Crippen LogP) is 0.927. The Labute approximate surface area is 113 Å². The minimum absolute atomic E-state index is 0.0255. The number of rotatable bonds is 7. The van der Waals surface area contributed by atoms with E-state index in [4.69, 9.17) is 20.3 Å². The highest BCUT2D eigenvalue weighted by Crippen LogP contribution is 2.29. The van der Waals surface area contributed by atoms with Gasteiger partial charge in [0.25, 0.3) is 0 Å². The number of carboxylic acids is 1. The Morgan fingerprint density at radius 3 is 2.68 bits per heavy atom. The molecule has 0 bridgehead atoms. The zero-order valence-electron chi connectivity index (χ0n) is 11.3. The smallest absolute Gasteiger partial charge is 0.329 e. The zero-order valence-corrected chi connectivity index (χ0v) is 11.3. The third kappa shape index (κ3) is 5.57. The van der Waals surface area contributed by atoms with Crippen LogP contribution in [0.15, 0.2) is 0 Å². The quantitative estimate of drug-likeness (QED) is 0.669. The van der Waals surface area contributed by atoms with Crippen molar-refractivity contribution in [1.82, 2.24) is 0 Å². The first-order valence-corrected chi connectivity index (χ1v) is 6.79. The summed E-state index contributed by atoms with van der Waals surface area (Å²) in [6.07, 6.45) is 3.69. The lowest BCUT2D eigenvalue weighted by Crippen LogP contribution is -2.43. The van der Waals surface area contributed by atoms with E-state index in [1.54, 1.807) is 6.92 Å². The molecule has 6 heteroatoms. The zero-order chi connectivity index (χ0) is 14.3. The molecular formula is C13H23NO5. The molecule has 3 atom stereocenters. The SMILES string of the molecule is CCOC(=O)CC(N)C1CCCCC1OCC(=O)O. The van der Waals surface area contributed by atoms with Gasteiger partial charge in [-0.25, -0.2) is 4.79 Å². The van der Waals surface area contributed by atoms with E-state index in [0.717, 1.165) is 25.7 Å². The lowest BCUT2D eigenvalue weighted by atomic mass is 9.80. The Kier molecular flexibility index (Phi) is 6.80. The summed E-state index contributed by atoms with van der Waals surface area (Å²) in [6.45, 7) is 1.78. The van der Waals surface area contributed by atoms with E-state index in [9.17, 15) is 9.59 Å². The maximum atomic E-state index is 11.4. The third-order valence-corrected chi connectivity index (χ3v) is 3.43. The van der Waals surface area contributed by atoms with Crippen LogP contribution in [0.4, 0.5) is 0 Å². The molecule has 0 amide bonds. The lowest BCUT2D eigenvalue weighted by Gasteiger charge is -2.34.